The molecule has 1 aromatic carbocycles. The molecule has 0 spiro atoms. The lowest BCUT2D eigenvalue weighted by Gasteiger charge is -2.22. The van der Waals surface area contributed by atoms with E-state index in [9.17, 15) is 14.3 Å². The van der Waals surface area contributed by atoms with Crippen molar-refractivity contribution in [3.8, 4) is 11.1 Å². The molecular weight excluding hydrogens is 394 g/mol. The number of rotatable bonds is 5. The van der Waals surface area contributed by atoms with E-state index in [1.54, 1.807) is 6.07 Å². The van der Waals surface area contributed by atoms with Crippen LogP contribution >= 0.6 is 23.2 Å². The molecule has 0 amide bonds. The van der Waals surface area contributed by atoms with Gasteiger partial charge in [0.2, 0.25) is 0 Å². The molecule has 9 heteroatoms. The van der Waals surface area contributed by atoms with Crippen molar-refractivity contribution in [3.05, 3.63) is 46.0 Å². The van der Waals surface area contributed by atoms with Crippen LogP contribution in [0.4, 0.5) is 10.2 Å². The molecule has 0 saturated heterocycles. The van der Waals surface area contributed by atoms with Gasteiger partial charge in [-0.25, -0.2) is 14.2 Å². The van der Waals surface area contributed by atoms with Crippen LogP contribution in [0.2, 0.25) is 10.2 Å². The van der Waals surface area contributed by atoms with Gasteiger partial charge in [-0.3, -0.25) is 0 Å². The average molecular weight is 411 g/mol. The number of hydrogen-bond acceptors (Lipinski definition) is 4. The predicted octanol–water partition coefficient (Wildman–Crippen LogP) is 5.00. The topological polar surface area (TPSA) is 79.5 Å². The molecule has 0 bridgehead atoms. The number of nitrogens with zero attached hydrogens (tertiary/aromatic N) is 3. The van der Waals surface area contributed by atoms with E-state index >= 15 is 0 Å². The quantitative estimate of drug-likeness (QED) is 0.578. The summed E-state index contributed by atoms with van der Waals surface area (Å²) < 4.78 is 15.9. The second kappa shape index (κ2) is 7.32. The van der Waals surface area contributed by atoms with Crippen molar-refractivity contribution < 1.29 is 14.3 Å². The third-order valence-corrected chi connectivity index (χ3v) is 5.00. The maximum absolute atomic E-state index is 14.6. The Morgan fingerprint density at radius 3 is 2.56 bits per heavy atom. The Balaban J connectivity index is 2.39. The minimum absolute atomic E-state index is 0.0477. The largest absolute Gasteiger partial charge is 0.477 e. The van der Waals surface area contributed by atoms with Crippen molar-refractivity contribution in [1.82, 2.24) is 14.6 Å². The summed E-state index contributed by atoms with van der Waals surface area (Å²) in [5.41, 5.74) is 0.245. The Kier molecular flexibility index (Phi) is 5.26. The Morgan fingerprint density at radius 1 is 1.26 bits per heavy atom. The highest BCUT2D eigenvalue weighted by Gasteiger charge is 2.26. The van der Waals surface area contributed by atoms with Crippen LogP contribution < -0.4 is 5.32 Å². The molecule has 2 aromatic heterocycles. The van der Waals surface area contributed by atoms with Crippen LogP contribution in [0.25, 0.3) is 16.8 Å². The first-order chi connectivity index (χ1) is 12.7. The van der Waals surface area contributed by atoms with Gasteiger partial charge in [-0.1, -0.05) is 43.1 Å². The van der Waals surface area contributed by atoms with Gasteiger partial charge < -0.3 is 10.4 Å². The molecule has 0 fully saturated rings. The van der Waals surface area contributed by atoms with Crippen LogP contribution in [-0.4, -0.2) is 31.7 Å². The molecule has 3 rings (SSSR count). The zero-order valence-corrected chi connectivity index (χ0v) is 16.3. The first-order valence-corrected chi connectivity index (χ1v) is 8.99. The number of nitrogens with one attached hydrogen (secondary N) is 1. The number of halogens is 3. The van der Waals surface area contributed by atoms with Gasteiger partial charge in [0.05, 0.1) is 16.8 Å². The summed E-state index contributed by atoms with van der Waals surface area (Å²) in [7, 11) is 0. The molecule has 3 aromatic rings. The van der Waals surface area contributed by atoms with Gasteiger partial charge in [0.1, 0.15) is 22.4 Å². The van der Waals surface area contributed by atoms with Crippen LogP contribution in [0.15, 0.2) is 24.4 Å². The molecule has 2 heterocycles. The van der Waals surface area contributed by atoms with Crippen LogP contribution in [0.3, 0.4) is 0 Å². The summed E-state index contributed by atoms with van der Waals surface area (Å²) in [4.78, 5) is 15.6. The monoisotopic (exact) mass is 410 g/mol. The lowest BCUT2D eigenvalue weighted by Crippen LogP contribution is -2.24. The van der Waals surface area contributed by atoms with Crippen molar-refractivity contribution in [2.45, 2.75) is 26.8 Å². The maximum atomic E-state index is 14.6. The van der Waals surface area contributed by atoms with Crippen molar-refractivity contribution in [2.24, 2.45) is 5.92 Å². The second-order valence-electron chi connectivity index (χ2n) is 6.50. The normalized spacial score (nSPS) is 12.6. The molecule has 0 saturated carbocycles. The van der Waals surface area contributed by atoms with E-state index in [1.807, 2.05) is 20.8 Å². The molecule has 0 unspecified atom stereocenters. The molecule has 142 valence electrons. The third kappa shape index (κ3) is 3.44. The number of benzene rings is 1. The Morgan fingerprint density at radius 2 is 1.96 bits per heavy atom. The lowest BCUT2D eigenvalue weighted by molar-refractivity contribution is 0.0698. The highest BCUT2D eigenvalue weighted by atomic mass is 35.5. The Bertz CT molecular complexity index is 1020. The van der Waals surface area contributed by atoms with Gasteiger partial charge >= 0.3 is 5.97 Å². The first kappa shape index (κ1) is 19.4. The summed E-state index contributed by atoms with van der Waals surface area (Å²) in [5.74, 6) is -1.21. The van der Waals surface area contributed by atoms with Crippen LogP contribution in [0, 0.1) is 11.7 Å². The van der Waals surface area contributed by atoms with Crippen molar-refractivity contribution in [1.29, 1.82) is 0 Å². The predicted molar refractivity (Wildman–Crippen MR) is 103 cm³/mol. The van der Waals surface area contributed by atoms with Gasteiger partial charge in [0, 0.05) is 11.6 Å². The summed E-state index contributed by atoms with van der Waals surface area (Å²) in [5, 5.41) is 16.8. The molecule has 0 aliphatic heterocycles. The number of carbonyl (C=O) groups is 1. The van der Waals surface area contributed by atoms with Crippen LogP contribution in [-0.2, 0) is 0 Å². The number of carboxylic acid groups (broad SMARTS) is 1. The van der Waals surface area contributed by atoms with E-state index in [1.165, 1.54) is 22.8 Å². The zero-order chi connectivity index (χ0) is 19.9. The SMILES string of the molecule is CC(C)[C@@H](C)Nc1c(-c2c(F)cccc2Cl)c(Cl)nc2c(C(=O)O)cnn12. The fourth-order valence-corrected chi connectivity index (χ4v) is 3.11. The zero-order valence-electron chi connectivity index (χ0n) is 14.8. The van der Waals surface area contributed by atoms with Crippen LogP contribution in [0.1, 0.15) is 31.1 Å². The number of hydrogen-bond donors (Lipinski definition) is 2. The Hall–Kier alpha value is -2.38. The summed E-state index contributed by atoms with van der Waals surface area (Å²) >= 11 is 12.6. The van der Waals surface area contributed by atoms with Gasteiger partial charge in [-0.05, 0) is 25.0 Å². The van der Waals surface area contributed by atoms with E-state index in [-0.39, 0.29) is 44.5 Å². The molecular formula is C18H17Cl2FN4O2. The van der Waals surface area contributed by atoms with E-state index in [0.29, 0.717) is 5.82 Å². The van der Waals surface area contributed by atoms with Crippen molar-refractivity contribution >= 4 is 40.6 Å². The van der Waals surface area contributed by atoms with E-state index < -0.39 is 11.8 Å². The lowest BCUT2D eigenvalue weighted by atomic mass is 10.0. The highest BCUT2D eigenvalue weighted by Crippen LogP contribution is 2.40. The van der Waals surface area contributed by atoms with Gasteiger partial charge in [0.25, 0.3) is 0 Å². The molecule has 0 radical (unpaired) electrons. The second-order valence-corrected chi connectivity index (χ2v) is 7.26. The molecule has 6 nitrogen and oxygen atoms in total. The molecule has 0 aliphatic carbocycles. The number of anilines is 1. The minimum atomic E-state index is -1.19. The molecule has 0 aliphatic rings. The van der Waals surface area contributed by atoms with Crippen molar-refractivity contribution in [3.63, 3.8) is 0 Å². The standard InChI is InChI=1S/C18H17Cl2FN4O2/c1-8(2)9(3)23-17-14(13-11(19)5-4-6-12(13)21)15(20)24-16-10(18(26)27)7-22-25(16)17/h4-9,23H,1-3H3,(H,26,27)/t9-/m1/s1. The fraction of sp³-hybridized carbons (Fsp3) is 0.278. The first-order valence-electron chi connectivity index (χ1n) is 8.23. The third-order valence-electron chi connectivity index (χ3n) is 4.41. The number of aromatic nitrogens is 3. The molecule has 1 atom stereocenters. The molecule has 2 N–H and O–H groups in total. The number of carboxylic acids is 1. The van der Waals surface area contributed by atoms with Crippen molar-refractivity contribution in [2.75, 3.05) is 5.32 Å². The van der Waals surface area contributed by atoms with Crippen LogP contribution in [0.5, 0.6) is 0 Å². The minimum Gasteiger partial charge on any atom is -0.477 e. The highest BCUT2D eigenvalue weighted by molar-refractivity contribution is 6.36. The molecule has 27 heavy (non-hydrogen) atoms. The van der Waals surface area contributed by atoms with E-state index in [2.05, 4.69) is 15.4 Å². The summed E-state index contributed by atoms with van der Waals surface area (Å²) in [6.07, 6.45) is 1.18. The average Bonchev–Trinajstić information content (AvgIpc) is 3.00. The van der Waals surface area contributed by atoms with Gasteiger partial charge in [-0.2, -0.15) is 9.61 Å². The number of aromatic carboxylic acids is 1. The summed E-state index contributed by atoms with van der Waals surface area (Å²) in [6.45, 7) is 5.97. The maximum Gasteiger partial charge on any atom is 0.341 e. The van der Waals surface area contributed by atoms with E-state index in [0.717, 1.165) is 0 Å². The van der Waals surface area contributed by atoms with Gasteiger partial charge in [-0.15, -0.1) is 0 Å². The smallest absolute Gasteiger partial charge is 0.341 e. The summed E-state index contributed by atoms with van der Waals surface area (Å²) in [6, 6.07) is 4.25. The Labute approximate surface area is 164 Å². The fourth-order valence-electron chi connectivity index (χ4n) is 2.59. The van der Waals surface area contributed by atoms with E-state index in [4.69, 9.17) is 23.2 Å². The van der Waals surface area contributed by atoms with Gasteiger partial charge in [0.15, 0.2) is 5.65 Å². The number of fused-ring (bicyclic) bond motifs is 1.